The lowest BCUT2D eigenvalue weighted by Crippen LogP contribution is -2.22. The first-order valence-corrected chi connectivity index (χ1v) is 7.69. The third kappa shape index (κ3) is 3.86. The van der Waals surface area contributed by atoms with Crippen LogP contribution in [0.2, 0.25) is 0 Å². The lowest BCUT2D eigenvalue weighted by Gasteiger charge is -2.00. The molecule has 1 heterocycles. The molecule has 0 aliphatic heterocycles. The number of likely N-dealkylation sites (N-methyl/N-ethyl adjacent to an activating group) is 1. The lowest BCUT2D eigenvalue weighted by molar-refractivity contribution is 0.586. The predicted molar refractivity (Wildman–Crippen MR) is 67.4 cm³/mol. The standard InChI is InChI=1S/C10H18N2O2S2/c1-3-11-8-7-9-5-6-10(15-9)16(13,14)12-4-2/h5-6,11-12H,3-4,7-8H2,1-2H3. The topological polar surface area (TPSA) is 58.2 Å². The van der Waals surface area contributed by atoms with Crippen LogP contribution >= 0.6 is 11.3 Å². The highest BCUT2D eigenvalue weighted by molar-refractivity contribution is 7.91. The van der Waals surface area contributed by atoms with Gasteiger partial charge in [0.15, 0.2) is 0 Å². The van der Waals surface area contributed by atoms with E-state index in [2.05, 4.69) is 17.0 Å². The van der Waals surface area contributed by atoms with Crippen molar-refractivity contribution in [1.82, 2.24) is 10.0 Å². The Morgan fingerprint density at radius 3 is 2.62 bits per heavy atom. The van der Waals surface area contributed by atoms with Gasteiger partial charge in [-0.05, 0) is 31.6 Å². The minimum atomic E-state index is -3.27. The summed E-state index contributed by atoms with van der Waals surface area (Å²) >= 11 is 1.34. The van der Waals surface area contributed by atoms with Crippen molar-refractivity contribution in [3.8, 4) is 0 Å². The van der Waals surface area contributed by atoms with Crippen molar-refractivity contribution in [3.63, 3.8) is 0 Å². The molecule has 0 bridgehead atoms. The molecule has 0 radical (unpaired) electrons. The van der Waals surface area contributed by atoms with E-state index in [-0.39, 0.29) is 0 Å². The Labute approximate surface area is 101 Å². The fourth-order valence-corrected chi connectivity index (χ4v) is 3.73. The van der Waals surface area contributed by atoms with Crippen LogP contribution in [-0.4, -0.2) is 28.1 Å². The third-order valence-corrected chi connectivity index (χ3v) is 5.22. The summed E-state index contributed by atoms with van der Waals surface area (Å²) in [5, 5.41) is 3.21. The van der Waals surface area contributed by atoms with E-state index in [1.165, 1.54) is 11.3 Å². The van der Waals surface area contributed by atoms with Crippen molar-refractivity contribution >= 4 is 21.4 Å². The van der Waals surface area contributed by atoms with Gasteiger partial charge in [0.25, 0.3) is 0 Å². The molecule has 2 N–H and O–H groups in total. The summed E-state index contributed by atoms with van der Waals surface area (Å²) in [6, 6.07) is 3.55. The Balaban J connectivity index is 2.64. The molecule has 1 aromatic rings. The number of hydrogen-bond donors (Lipinski definition) is 2. The summed E-state index contributed by atoms with van der Waals surface area (Å²) in [4.78, 5) is 1.09. The van der Waals surface area contributed by atoms with Gasteiger partial charge in [0, 0.05) is 11.4 Å². The van der Waals surface area contributed by atoms with Gasteiger partial charge >= 0.3 is 0 Å². The van der Waals surface area contributed by atoms with Gasteiger partial charge in [-0.25, -0.2) is 13.1 Å². The Hall–Kier alpha value is -0.430. The first-order valence-electron chi connectivity index (χ1n) is 5.39. The molecule has 92 valence electrons. The predicted octanol–water partition coefficient (Wildman–Crippen LogP) is 1.20. The second-order valence-electron chi connectivity index (χ2n) is 3.33. The summed E-state index contributed by atoms with van der Waals surface area (Å²) in [5.41, 5.74) is 0. The maximum Gasteiger partial charge on any atom is 0.250 e. The Bertz CT molecular complexity index is 412. The van der Waals surface area contributed by atoms with Gasteiger partial charge in [0.1, 0.15) is 4.21 Å². The van der Waals surface area contributed by atoms with Gasteiger partial charge in [0.2, 0.25) is 10.0 Å². The van der Waals surface area contributed by atoms with Crippen LogP contribution in [0.4, 0.5) is 0 Å². The maximum absolute atomic E-state index is 11.7. The van der Waals surface area contributed by atoms with Crippen LogP contribution < -0.4 is 10.0 Å². The van der Waals surface area contributed by atoms with Crippen molar-refractivity contribution in [2.75, 3.05) is 19.6 Å². The summed E-state index contributed by atoms with van der Waals surface area (Å²) in [7, 11) is -3.27. The van der Waals surface area contributed by atoms with Gasteiger partial charge in [-0.2, -0.15) is 0 Å². The van der Waals surface area contributed by atoms with Crippen LogP contribution in [0.1, 0.15) is 18.7 Å². The molecule has 16 heavy (non-hydrogen) atoms. The van der Waals surface area contributed by atoms with Crippen molar-refractivity contribution in [3.05, 3.63) is 17.0 Å². The number of nitrogens with one attached hydrogen (secondary N) is 2. The van der Waals surface area contributed by atoms with Crippen molar-refractivity contribution < 1.29 is 8.42 Å². The SMILES string of the molecule is CCNCCc1ccc(S(=O)(=O)NCC)s1. The molecule has 0 aliphatic rings. The highest BCUT2D eigenvalue weighted by atomic mass is 32.2. The van der Waals surface area contributed by atoms with E-state index in [0.29, 0.717) is 10.8 Å². The average molecular weight is 262 g/mol. The van der Waals surface area contributed by atoms with E-state index < -0.39 is 10.0 Å². The molecular weight excluding hydrogens is 244 g/mol. The molecule has 0 saturated heterocycles. The minimum Gasteiger partial charge on any atom is -0.317 e. The first-order chi connectivity index (χ1) is 7.60. The highest BCUT2D eigenvalue weighted by Crippen LogP contribution is 2.21. The van der Waals surface area contributed by atoms with E-state index in [0.717, 1.165) is 24.4 Å². The van der Waals surface area contributed by atoms with Crippen LogP contribution in [-0.2, 0) is 16.4 Å². The second kappa shape index (κ2) is 6.34. The molecule has 0 fully saturated rings. The fourth-order valence-electron chi connectivity index (χ4n) is 1.29. The zero-order chi connectivity index (χ0) is 12.0. The molecule has 1 rings (SSSR count). The van der Waals surface area contributed by atoms with Crippen molar-refractivity contribution in [2.45, 2.75) is 24.5 Å². The van der Waals surface area contributed by atoms with Crippen LogP contribution in [0.15, 0.2) is 16.3 Å². The number of thiophene rings is 1. The quantitative estimate of drug-likeness (QED) is 0.726. The molecule has 6 heteroatoms. The molecule has 0 spiro atoms. The molecular formula is C10H18N2O2S2. The molecule has 0 atom stereocenters. The van der Waals surface area contributed by atoms with E-state index in [1.807, 2.05) is 6.07 Å². The molecule has 1 aromatic heterocycles. The fraction of sp³-hybridized carbons (Fsp3) is 0.600. The van der Waals surface area contributed by atoms with E-state index in [4.69, 9.17) is 0 Å². The molecule has 0 amide bonds. The molecule has 0 aliphatic carbocycles. The van der Waals surface area contributed by atoms with Crippen LogP contribution in [0.25, 0.3) is 0 Å². The maximum atomic E-state index is 11.7. The Morgan fingerprint density at radius 1 is 1.25 bits per heavy atom. The lowest BCUT2D eigenvalue weighted by atomic mass is 10.3. The van der Waals surface area contributed by atoms with Crippen molar-refractivity contribution in [2.24, 2.45) is 0 Å². The number of hydrogen-bond acceptors (Lipinski definition) is 4. The third-order valence-electron chi connectivity index (χ3n) is 2.03. The monoisotopic (exact) mass is 262 g/mol. The molecule has 0 aromatic carbocycles. The smallest absolute Gasteiger partial charge is 0.250 e. The second-order valence-corrected chi connectivity index (χ2v) is 6.49. The van der Waals surface area contributed by atoms with Crippen LogP contribution in [0.5, 0.6) is 0 Å². The Kier molecular flexibility index (Phi) is 5.40. The molecule has 0 unspecified atom stereocenters. The average Bonchev–Trinajstić information content (AvgIpc) is 2.67. The highest BCUT2D eigenvalue weighted by Gasteiger charge is 2.14. The molecule has 0 saturated carbocycles. The first kappa shape index (κ1) is 13.6. The van der Waals surface area contributed by atoms with Gasteiger partial charge in [-0.3, -0.25) is 0 Å². The largest absolute Gasteiger partial charge is 0.317 e. The van der Waals surface area contributed by atoms with E-state index in [9.17, 15) is 8.42 Å². The minimum absolute atomic E-state index is 0.404. The number of rotatable bonds is 7. The zero-order valence-electron chi connectivity index (χ0n) is 9.62. The summed E-state index contributed by atoms with van der Waals surface area (Å²) in [6.07, 6.45) is 0.875. The van der Waals surface area contributed by atoms with Gasteiger partial charge < -0.3 is 5.32 Å². The van der Waals surface area contributed by atoms with Gasteiger partial charge in [-0.15, -0.1) is 11.3 Å². The van der Waals surface area contributed by atoms with E-state index >= 15 is 0 Å². The normalized spacial score (nSPS) is 11.9. The summed E-state index contributed by atoms with van der Waals surface area (Å²) in [5.74, 6) is 0. The van der Waals surface area contributed by atoms with Crippen LogP contribution in [0, 0.1) is 0 Å². The van der Waals surface area contributed by atoms with Crippen LogP contribution in [0.3, 0.4) is 0 Å². The molecule has 4 nitrogen and oxygen atoms in total. The summed E-state index contributed by atoms with van der Waals surface area (Å²) in [6.45, 7) is 6.07. The van der Waals surface area contributed by atoms with E-state index in [1.54, 1.807) is 13.0 Å². The van der Waals surface area contributed by atoms with Gasteiger partial charge in [0.05, 0.1) is 0 Å². The zero-order valence-corrected chi connectivity index (χ0v) is 11.2. The van der Waals surface area contributed by atoms with Crippen molar-refractivity contribution in [1.29, 1.82) is 0 Å². The van der Waals surface area contributed by atoms with Gasteiger partial charge in [-0.1, -0.05) is 13.8 Å². The Morgan fingerprint density at radius 2 is 2.00 bits per heavy atom. The summed E-state index contributed by atoms with van der Waals surface area (Å²) < 4.78 is 26.2. The number of sulfonamides is 1.